The first-order valence-corrected chi connectivity index (χ1v) is 18.3. The van der Waals surface area contributed by atoms with E-state index in [2.05, 4.69) is 64.9 Å². The van der Waals surface area contributed by atoms with Crippen molar-refractivity contribution in [1.82, 2.24) is 19.5 Å². The van der Waals surface area contributed by atoms with Gasteiger partial charge >= 0.3 is 11.4 Å². The lowest BCUT2D eigenvalue weighted by Crippen LogP contribution is -2.48. The highest BCUT2D eigenvalue weighted by Gasteiger charge is 2.51. The Hall–Kier alpha value is -4.84. The molecule has 5 aliphatic rings. The van der Waals surface area contributed by atoms with Gasteiger partial charge in [-0.05, 0) is 120 Å². The second-order valence-corrected chi connectivity index (χ2v) is 15.6. The van der Waals surface area contributed by atoms with Crippen LogP contribution in [0.3, 0.4) is 0 Å². The fraction of sp³-hybridized carbons (Fsp3) is 0.368. The van der Waals surface area contributed by atoms with E-state index in [1.165, 1.54) is 50.3 Å². The molecule has 1 aliphatic heterocycles. The third-order valence-corrected chi connectivity index (χ3v) is 12.3. The lowest BCUT2D eigenvalue weighted by Gasteiger charge is -2.57. The van der Waals surface area contributed by atoms with Crippen LogP contribution in [0.25, 0.3) is 16.7 Å². The summed E-state index contributed by atoms with van der Waals surface area (Å²) in [4.78, 5) is 55.8. The molecule has 10 rings (SSSR count). The van der Waals surface area contributed by atoms with Crippen LogP contribution in [0.15, 0.2) is 84.5 Å². The monoisotopic (exact) mass is 735 g/mol. The largest absolute Gasteiger partial charge is 0.493 e. The Bertz CT molecular complexity index is 2300. The number of aromatic amines is 3. The predicted molar refractivity (Wildman–Crippen MR) is 199 cm³/mol. The number of nitrogens with one attached hydrogen (secondary N) is 3. The van der Waals surface area contributed by atoms with E-state index in [-0.39, 0.29) is 16.7 Å². The van der Waals surface area contributed by atoms with Gasteiger partial charge in [-0.25, -0.2) is 14.2 Å². The van der Waals surface area contributed by atoms with Crippen LogP contribution in [-0.2, 0) is 5.41 Å². The lowest BCUT2D eigenvalue weighted by molar-refractivity contribution is -0.00521. The van der Waals surface area contributed by atoms with Crippen molar-refractivity contribution in [2.75, 3.05) is 36.0 Å². The van der Waals surface area contributed by atoms with Crippen LogP contribution in [-0.4, -0.2) is 57.0 Å². The molecule has 11 nitrogen and oxygen atoms in total. The Labute approximate surface area is 295 Å². The van der Waals surface area contributed by atoms with Gasteiger partial charge in [0.15, 0.2) is 0 Å². The number of aliphatic imine (C=N–C) groups is 1. The number of rotatable bonds is 6. The summed E-state index contributed by atoms with van der Waals surface area (Å²) in [6.45, 7) is 3.00. The molecule has 5 fully saturated rings. The Morgan fingerprint density at radius 2 is 1.42 bits per heavy atom. The fourth-order valence-electron chi connectivity index (χ4n) is 9.76. The number of nitrogens with zero attached hydrogens (tertiary/aromatic N) is 4. The average Bonchev–Trinajstić information content (AvgIpc) is 3.47. The number of aromatic hydroxyl groups is 1. The summed E-state index contributed by atoms with van der Waals surface area (Å²) in [5.41, 5.74) is 3.59. The van der Waals surface area contributed by atoms with E-state index in [9.17, 15) is 19.5 Å². The fourth-order valence-corrected chi connectivity index (χ4v) is 10.3. The van der Waals surface area contributed by atoms with E-state index in [0.717, 1.165) is 46.8 Å². The molecule has 4 N–H and O–H groups in total. The van der Waals surface area contributed by atoms with E-state index in [0.29, 0.717) is 40.0 Å². The molecule has 4 bridgehead atoms. The molecule has 50 heavy (non-hydrogen) atoms. The molecule has 0 atom stereocenters. The van der Waals surface area contributed by atoms with Crippen LogP contribution in [0.5, 0.6) is 5.88 Å². The molecule has 0 amide bonds. The number of benzene rings is 3. The van der Waals surface area contributed by atoms with Crippen LogP contribution in [0.1, 0.15) is 49.7 Å². The molecular weight excluding hydrogens is 698 g/mol. The Morgan fingerprint density at radius 1 is 0.780 bits per heavy atom. The van der Waals surface area contributed by atoms with Gasteiger partial charge in [-0.15, -0.1) is 0 Å². The molecule has 4 aliphatic carbocycles. The average molecular weight is 737 g/mol. The molecule has 0 unspecified atom stereocenters. The van der Waals surface area contributed by atoms with Gasteiger partial charge in [0.1, 0.15) is 5.56 Å². The van der Waals surface area contributed by atoms with Gasteiger partial charge in [-0.3, -0.25) is 14.8 Å². The van der Waals surface area contributed by atoms with Crippen LogP contribution in [0, 0.1) is 17.8 Å². The summed E-state index contributed by atoms with van der Waals surface area (Å²) in [6, 6.07) is 20.0. The molecule has 0 spiro atoms. The second kappa shape index (κ2) is 11.9. The zero-order chi connectivity index (χ0) is 34.1. The third-order valence-electron chi connectivity index (χ3n) is 11.6. The molecule has 2 aromatic heterocycles. The van der Waals surface area contributed by atoms with Crippen molar-refractivity contribution in [3.63, 3.8) is 0 Å². The highest BCUT2D eigenvalue weighted by molar-refractivity contribution is 9.10. The molecule has 1 saturated heterocycles. The molecule has 4 saturated carbocycles. The number of imidazole rings is 1. The van der Waals surface area contributed by atoms with Gasteiger partial charge in [0.05, 0.1) is 28.1 Å². The summed E-state index contributed by atoms with van der Waals surface area (Å²) in [6.07, 6.45) is 8.98. The first-order chi connectivity index (χ1) is 24.2. The van der Waals surface area contributed by atoms with E-state index < -0.39 is 17.1 Å². The lowest BCUT2D eigenvalue weighted by atomic mass is 9.48. The van der Waals surface area contributed by atoms with Crippen molar-refractivity contribution in [2.24, 2.45) is 22.7 Å². The van der Waals surface area contributed by atoms with Crippen molar-refractivity contribution in [2.45, 2.75) is 43.9 Å². The zero-order valence-electron chi connectivity index (χ0n) is 27.5. The van der Waals surface area contributed by atoms with Gasteiger partial charge in [-0.2, -0.15) is 0 Å². The zero-order valence-corrected chi connectivity index (χ0v) is 29.1. The van der Waals surface area contributed by atoms with Gasteiger partial charge in [0.25, 0.3) is 5.56 Å². The number of hydrogen-bond acceptors (Lipinski definition) is 7. The molecule has 256 valence electrons. The summed E-state index contributed by atoms with van der Waals surface area (Å²) in [7, 11) is 0. The summed E-state index contributed by atoms with van der Waals surface area (Å²) >= 11 is 3.71. The topological polar surface area (TPSA) is 143 Å². The van der Waals surface area contributed by atoms with E-state index in [1.807, 2.05) is 30.3 Å². The van der Waals surface area contributed by atoms with E-state index in [4.69, 9.17) is 4.99 Å². The van der Waals surface area contributed by atoms with Crippen molar-refractivity contribution in [3.8, 4) is 11.6 Å². The minimum atomic E-state index is -0.747. The Balaban J connectivity index is 1.05. The quantitative estimate of drug-likeness (QED) is 0.165. The second-order valence-electron chi connectivity index (χ2n) is 14.7. The predicted octanol–water partition coefficient (Wildman–Crippen LogP) is 5.71. The summed E-state index contributed by atoms with van der Waals surface area (Å²) < 4.78 is 1.80. The standard InChI is InChI=1S/C38H38BrN7O4/c39-28-15-25(38-18-22-12-23(19-38)14-24(13-22)20-38)6-7-32(28)46-35(48)27(34(47)43-37(46)50)21-40-31-16-29-30(42-36(49)41-29)17-33(31)45-10-8-44(9-11-45)26-4-2-1-3-5-26/h1-7,15-17,21-24,48H,8-14,18-20H2,(H2,41,42,49)(H,43,47,50). The maximum atomic E-state index is 13.2. The van der Waals surface area contributed by atoms with Crippen LogP contribution >= 0.6 is 15.9 Å². The molecule has 3 aromatic carbocycles. The minimum absolute atomic E-state index is 0.149. The van der Waals surface area contributed by atoms with Crippen molar-refractivity contribution in [3.05, 3.63) is 108 Å². The number of aromatic nitrogens is 4. The molecule has 12 heteroatoms. The highest BCUT2D eigenvalue weighted by atomic mass is 79.9. The van der Waals surface area contributed by atoms with Crippen LogP contribution in [0.2, 0.25) is 0 Å². The number of halogens is 1. The minimum Gasteiger partial charge on any atom is -0.493 e. The number of para-hydroxylation sites is 1. The summed E-state index contributed by atoms with van der Waals surface area (Å²) in [5.74, 6) is 1.89. The highest BCUT2D eigenvalue weighted by Crippen LogP contribution is 2.61. The Morgan fingerprint density at radius 3 is 2.08 bits per heavy atom. The molecule has 5 aromatic rings. The SMILES string of the molecule is O=c1[nH]c2cc(N=Cc3c(O)n(-c4ccc(C56CC7CC(CC(C7)C5)C6)cc4Br)c(=O)[nH]c3=O)c(N3CCN(c4ccccc4)CC3)cc2[nH]1. The van der Waals surface area contributed by atoms with Crippen molar-refractivity contribution < 1.29 is 5.11 Å². The van der Waals surface area contributed by atoms with Crippen LogP contribution in [0.4, 0.5) is 17.1 Å². The Kier molecular flexibility index (Phi) is 7.41. The normalized spacial score (nSPS) is 24.5. The maximum Gasteiger partial charge on any atom is 0.335 e. The first kappa shape index (κ1) is 31.2. The van der Waals surface area contributed by atoms with Crippen molar-refractivity contribution in [1.29, 1.82) is 0 Å². The summed E-state index contributed by atoms with van der Waals surface area (Å²) in [5, 5.41) is 11.5. The third kappa shape index (κ3) is 5.31. The van der Waals surface area contributed by atoms with E-state index >= 15 is 0 Å². The molecule has 0 radical (unpaired) electrons. The number of fused-ring (bicyclic) bond motifs is 1. The number of piperazine rings is 1. The molecule has 3 heterocycles. The number of anilines is 2. The van der Waals surface area contributed by atoms with Crippen molar-refractivity contribution >= 4 is 50.2 Å². The van der Waals surface area contributed by atoms with Crippen LogP contribution < -0.4 is 26.7 Å². The number of H-pyrrole nitrogens is 3. The molecular formula is C38H38BrN7O4. The van der Waals surface area contributed by atoms with Gasteiger partial charge < -0.3 is 24.9 Å². The maximum absolute atomic E-state index is 13.2. The first-order valence-electron chi connectivity index (χ1n) is 17.5. The smallest absolute Gasteiger partial charge is 0.335 e. The van der Waals surface area contributed by atoms with E-state index in [1.54, 1.807) is 6.07 Å². The van der Waals surface area contributed by atoms with Gasteiger partial charge in [0.2, 0.25) is 5.88 Å². The number of hydrogen-bond donors (Lipinski definition) is 4. The van der Waals surface area contributed by atoms with Gasteiger partial charge in [0, 0.05) is 42.6 Å². The van der Waals surface area contributed by atoms with Gasteiger partial charge in [-0.1, -0.05) is 24.3 Å².